The predicted molar refractivity (Wildman–Crippen MR) is 63.3 cm³/mol. The van der Waals surface area contributed by atoms with Crippen molar-refractivity contribution in [2.75, 3.05) is 6.54 Å². The summed E-state index contributed by atoms with van der Waals surface area (Å²) >= 11 is 0. The number of hydrogen-bond donors (Lipinski definition) is 3. The van der Waals surface area contributed by atoms with Gasteiger partial charge < -0.3 is 16.8 Å². The molecule has 0 aromatic heterocycles. The summed E-state index contributed by atoms with van der Waals surface area (Å²) in [4.78, 5) is 22.2. The highest BCUT2D eigenvalue weighted by Gasteiger charge is 2.21. The van der Waals surface area contributed by atoms with Gasteiger partial charge in [-0.3, -0.25) is 9.59 Å². The van der Waals surface area contributed by atoms with Crippen LogP contribution in [0.2, 0.25) is 0 Å². The second kappa shape index (κ2) is 8.24. The Labute approximate surface area is 96.9 Å². The molecule has 0 aromatic rings. The third-order valence-corrected chi connectivity index (χ3v) is 2.72. The lowest BCUT2D eigenvalue weighted by Gasteiger charge is -2.20. The average molecular weight is 228 g/mol. The summed E-state index contributed by atoms with van der Waals surface area (Å²) in [5.74, 6) is -0.193. The third-order valence-electron chi connectivity index (χ3n) is 2.72. The Morgan fingerprint density at radius 3 is 2.56 bits per heavy atom. The first kappa shape index (κ1) is 15.1. The minimum Gasteiger partial charge on any atom is -0.344 e. The molecule has 0 spiro atoms. The fourth-order valence-corrected chi connectivity index (χ4v) is 1.26. The Morgan fingerprint density at radius 2 is 2.12 bits per heavy atom. The van der Waals surface area contributed by atoms with E-state index in [1.165, 1.54) is 0 Å². The average Bonchev–Trinajstić information content (AvgIpc) is 2.31. The molecule has 0 rings (SSSR count). The first-order chi connectivity index (χ1) is 7.56. The second-order valence-corrected chi connectivity index (χ2v) is 4.02. The fraction of sp³-hybridized carbons (Fsp3) is 0.818. The number of amides is 1. The molecule has 16 heavy (non-hydrogen) atoms. The maximum Gasteiger partial charge on any atom is 0.237 e. The predicted octanol–water partition coefficient (Wildman–Crippen LogP) is -0.307. The third kappa shape index (κ3) is 5.23. The molecule has 0 aromatic carbocycles. The van der Waals surface area contributed by atoms with Gasteiger partial charge in [-0.05, 0) is 25.3 Å². The quantitative estimate of drug-likeness (QED) is 0.531. The van der Waals surface area contributed by atoms with Crippen LogP contribution in [0.1, 0.15) is 33.1 Å². The van der Waals surface area contributed by atoms with E-state index in [4.69, 9.17) is 11.5 Å². The molecule has 93 valence electrons. The highest BCUT2D eigenvalue weighted by Crippen LogP contribution is 2.05. The molecule has 0 fully saturated rings. The monoisotopic (exact) mass is 228 g/mol. The highest BCUT2D eigenvalue weighted by atomic mass is 16.2. The number of nitrogens with one attached hydrogen (secondary N) is 1. The molecular formula is C11H22N3O2. The molecule has 0 aliphatic carbocycles. The van der Waals surface area contributed by atoms with Crippen molar-refractivity contribution < 1.29 is 9.59 Å². The molecular weight excluding hydrogens is 206 g/mol. The zero-order chi connectivity index (χ0) is 12.6. The van der Waals surface area contributed by atoms with Crippen LogP contribution in [-0.2, 0) is 9.59 Å². The zero-order valence-corrected chi connectivity index (χ0v) is 10.0. The van der Waals surface area contributed by atoms with E-state index in [2.05, 4.69) is 5.32 Å². The largest absolute Gasteiger partial charge is 0.344 e. The Balaban J connectivity index is 4.13. The molecule has 0 saturated heterocycles. The molecule has 5 nitrogen and oxygen atoms in total. The van der Waals surface area contributed by atoms with E-state index >= 15 is 0 Å². The van der Waals surface area contributed by atoms with E-state index in [0.717, 1.165) is 6.42 Å². The molecule has 5 heteroatoms. The standard InChI is InChI=1S/C11H22N3O2/c1-3-8(2)10(13)11(16)14-9(7-15)5-4-6-12/h8-10H,3-6,12-13H2,1-2H3,(H,14,16)/t8-,9-,10-/m0/s1. The van der Waals surface area contributed by atoms with Crippen LogP contribution in [0.5, 0.6) is 0 Å². The van der Waals surface area contributed by atoms with Crippen LogP contribution < -0.4 is 16.8 Å². The van der Waals surface area contributed by atoms with Gasteiger partial charge in [0.05, 0.1) is 12.1 Å². The molecule has 0 unspecified atom stereocenters. The normalized spacial score (nSPS) is 16.2. The smallest absolute Gasteiger partial charge is 0.237 e. The van der Waals surface area contributed by atoms with E-state index in [0.29, 0.717) is 19.4 Å². The van der Waals surface area contributed by atoms with Crippen molar-refractivity contribution in [2.24, 2.45) is 17.4 Å². The first-order valence-corrected chi connectivity index (χ1v) is 5.70. The van der Waals surface area contributed by atoms with Crippen molar-refractivity contribution in [3.63, 3.8) is 0 Å². The summed E-state index contributed by atoms with van der Waals surface area (Å²) in [7, 11) is 0. The van der Waals surface area contributed by atoms with E-state index < -0.39 is 12.1 Å². The summed E-state index contributed by atoms with van der Waals surface area (Å²) in [5, 5.41) is 2.57. The zero-order valence-electron chi connectivity index (χ0n) is 10.0. The van der Waals surface area contributed by atoms with Crippen molar-refractivity contribution >= 4 is 12.2 Å². The summed E-state index contributed by atoms with van der Waals surface area (Å²) in [6.07, 6.45) is 3.80. The van der Waals surface area contributed by atoms with Crippen LogP contribution in [0.15, 0.2) is 0 Å². The molecule has 0 aliphatic heterocycles. The van der Waals surface area contributed by atoms with Crippen molar-refractivity contribution in [1.82, 2.24) is 5.32 Å². The van der Waals surface area contributed by atoms with Gasteiger partial charge in [0.2, 0.25) is 12.2 Å². The van der Waals surface area contributed by atoms with Gasteiger partial charge in [-0.25, -0.2) is 0 Å². The van der Waals surface area contributed by atoms with Crippen molar-refractivity contribution in [1.29, 1.82) is 0 Å². The Kier molecular flexibility index (Phi) is 7.76. The Hall–Kier alpha value is -0.940. The lowest BCUT2D eigenvalue weighted by molar-refractivity contribution is -0.123. The highest BCUT2D eigenvalue weighted by molar-refractivity contribution is 5.84. The minimum atomic E-state index is -0.592. The molecule has 0 heterocycles. The number of carbonyl (C=O) groups is 1. The SMILES string of the molecule is CC[C@H](C)[C@H](N)C(=O)N[C@H]([C]=O)CCCN. The summed E-state index contributed by atoms with van der Waals surface area (Å²) in [6, 6.07) is -1.16. The van der Waals surface area contributed by atoms with Crippen LogP contribution in [0.3, 0.4) is 0 Å². The molecule has 1 amide bonds. The van der Waals surface area contributed by atoms with Gasteiger partial charge in [0.15, 0.2) is 0 Å². The lowest BCUT2D eigenvalue weighted by Crippen LogP contribution is -2.48. The summed E-state index contributed by atoms with van der Waals surface area (Å²) < 4.78 is 0. The second-order valence-electron chi connectivity index (χ2n) is 4.02. The van der Waals surface area contributed by atoms with Crippen LogP contribution in [0.25, 0.3) is 0 Å². The molecule has 0 saturated carbocycles. The first-order valence-electron chi connectivity index (χ1n) is 5.70. The number of rotatable bonds is 8. The number of carbonyl (C=O) groups excluding carboxylic acids is 2. The minimum absolute atomic E-state index is 0.0989. The van der Waals surface area contributed by atoms with E-state index in [1.54, 1.807) is 6.29 Å². The van der Waals surface area contributed by atoms with Crippen LogP contribution in [-0.4, -0.2) is 30.8 Å². The van der Waals surface area contributed by atoms with E-state index in [1.807, 2.05) is 13.8 Å². The molecule has 0 aliphatic rings. The molecule has 0 bridgehead atoms. The molecule has 5 N–H and O–H groups in total. The summed E-state index contributed by atoms with van der Waals surface area (Å²) in [5.41, 5.74) is 11.1. The fourth-order valence-electron chi connectivity index (χ4n) is 1.26. The van der Waals surface area contributed by atoms with Gasteiger partial charge in [-0.2, -0.15) is 0 Å². The van der Waals surface area contributed by atoms with Crippen molar-refractivity contribution in [2.45, 2.75) is 45.2 Å². The Bertz CT molecular complexity index is 221. The topological polar surface area (TPSA) is 98.2 Å². The van der Waals surface area contributed by atoms with Crippen molar-refractivity contribution in [3.05, 3.63) is 0 Å². The molecule has 3 atom stereocenters. The van der Waals surface area contributed by atoms with Crippen LogP contribution >= 0.6 is 0 Å². The van der Waals surface area contributed by atoms with Gasteiger partial charge in [0.25, 0.3) is 0 Å². The maximum absolute atomic E-state index is 11.6. The van der Waals surface area contributed by atoms with Gasteiger partial charge in [-0.15, -0.1) is 0 Å². The number of hydrogen-bond acceptors (Lipinski definition) is 4. The van der Waals surface area contributed by atoms with Crippen LogP contribution in [0.4, 0.5) is 0 Å². The maximum atomic E-state index is 11.6. The van der Waals surface area contributed by atoms with Gasteiger partial charge >= 0.3 is 0 Å². The Morgan fingerprint density at radius 1 is 1.50 bits per heavy atom. The van der Waals surface area contributed by atoms with Crippen LogP contribution in [0, 0.1) is 5.92 Å². The van der Waals surface area contributed by atoms with E-state index in [-0.39, 0.29) is 11.8 Å². The molecule has 1 radical (unpaired) electrons. The number of nitrogens with two attached hydrogens (primary N) is 2. The van der Waals surface area contributed by atoms with Crippen molar-refractivity contribution in [3.8, 4) is 0 Å². The van der Waals surface area contributed by atoms with E-state index in [9.17, 15) is 9.59 Å². The lowest BCUT2D eigenvalue weighted by atomic mass is 9.99. The van der Waals surface area contributed by atoms with Gasteiger partial charge in [0, 0.05) is 0 Å². The van der Waals surface area contributed by atoms with Gasteiger partial charge in [-0.1, -0.05) is 20.3 Å². The summed E-state index contributed by atoms with van der Waals surface area (Å²) in [6.45, 7) is 4.37. The van der Waals surface area contributed by atoms with Gasteiger partial charge in [0.1, 0.15) is 0 Å².